The average molecular weight is 286 g/mol. The predicted octanol–water partition coefficient (Wildman–Crippen LogP) is 2.21. The lowest BCUT2D eigenvalue weighted by Crippen LogP contribution is -2.36. The molecule has 1 aromatic rings. The van der Waals surface area contributed by atoms with Gasteiger partial charge in [0, 0.05) is 38.2 Å². The topological polar surface area (TPSA) is 40.6 Å². The zero-order valence-electron chi connectivity index (χ0n) is 12.7. The summed E-state index contributed by atoms with van der Waals surface area (Å²) in [5, 5.41) is 0. The van der Waals surface area contributed by atoms with E-state index >= 15 is 0 Å². The molecule has 0 radical (unpaired) electrons. The van der Waals surface area contributed by atoms with Crippen LogP contribution in [0.5, 0.6) is 0 Å². The Morgan fingerprint density at radius 1 is 1.19 bits per heavy atom. The normalized spacial score (nSPS) is 16.9. The molecule has 1 saturated heterocycles. The van der Waals surface area contributed by atoms with Crippen LogP contribution in [0.3, 0.4) is 0 Å². The SMILES string of the molecule is C/C=C(\C)C(=O)N1CCC(=O)N(Cc2ccccc2)CC1. The number of hydrogen-bond acceptors (Lipinski definition) is 2. The van der Waals surface area contributed by atoms with Crippen LogP contribution < -0.4 is 0 Å². The first-order chi connectivity index (χ1) is 10.1. The molecule has 21 heavy (non-hydrogen) atoms. The van der Waals surface area contributed by atoms with Gasteiger partial charge in [0.05, 0.1) is 0 Å². The van der Waals surface area contributed by atoms with Gasteiger partial charge in [0.1, 0.15) is 0 Å². The molecule has 2 rings (SSSR count). The van der Waals surface area contributed by atoms with Gasteiger partial charge in [0.2, 0.25) is 11.8 Å². The fourth-order valence-corrected chi connectivity index (χ4v) is 2.41. The van der Waals surface area contributed by atoms with Gasteiger partial charge >= 0.3 is 0 Å². The van der Waals surface area contributed by atoms with E-state index in [4.69, 9.17) is 0 Å². The molecule has 1 aliphatic rings. The zero-order valence-corrected chi connectivity index (χ0v) is 12.7. The maximum Gasteiger partial charge on any atom is 0.249 e. The Morgan fingerprint density at radius 2 is 1.90 bits per heavy atom. The standard InChI is InChI=1S/C17H22N2O2/c1-3-14(2)17(21)18-10-9-16(20)19(12-11-18)13-15-7-5-4-6-8-15/h3-8H,9-13H2,1-2H3/b14-3+. The maximum atomic E-state index is 12.2. The minimum Gasteiger partial charge on any atom is -0.337 e. The second kappa shape index (κ2) is 7.07. The molecule has 1 fully saturated rings. The Morgan fingerprint density at radius 3 is 2.57 bits per heavy atom. The smallest absolute Gasteiger partial charge is 0.249 e. The summed E-state index contributed by atoms with van der Waals surface area (Å²) in [5.74, 6) is 0.152. The van der Waals surface area contributed by atoms with Crippen LogP contribution in [0.1, 0.15) is 25.8 Å². The summed E-state index contributed by atoms with van der Waals surface area (Å²) >= 11 is 0. The third-order valence-electron chi connectivity index (χ3n) is 3.86. The van der Waals surface area contributed by atoms with Gasteiger partial charge in [-0.2, -0.15) is 0 Å². The molecule has 112 valence electrons. The Hall–Kier alpha value is -2.10. The summed E-state index contributed by atoms with van der Waals surface area (Å²) in [5.41, 5.74) is 1.86. The van der Waals surface area contributed by atoms with E-state index in [-0.39, 0.29) is 11.8 Å². The van der Waals surface area contributed by atoms with E-state index in [1.807, 2.05) is 55.2 Å². The van der Waals surface area contributed by atoms with E-state index in [0.29, 0.717) is 32.6 Å². The van der Waals surface area contributed by atoms with Crippen LogP contribution in [-0.2, 0) is 16.1 Å². The van der Waals surface area contributed by atoms with Crippen molar-refractivity contribution in [2.75, 3.05) is 19.6 Å². The summed E-state index contributed by atoms with van der Waals surface area (Å²) in [7, 11) is 0. The number of hydrogen-bond donors (Lipinski definition) is 0. The largest absolute Gasteiger partial charge is 0.337 e. The van der Waals surface area contributed by atoms with E-state index in [2.05, 4.69) is 0 Å². The highest BCUT2D eigenvalue weighted by molar-refractivity contribution is 5.93. The molecule has 0 aliphatic carbocycles. The molecule has 1 aromatic carbocycles. The summed E-state index contributed by atoms with van der Waals surface area (Å²) in [6, 6.07) is 9.95. The maximum absolute atomic E-state index is 12.2. The van der Waals surface area contributed by atoms with E-state index in [1.54, 1.807) is 4.90 Å². The van der Waals surface area contributed by atoms with Crippen molar-refractivity contribution >= 4 is 11.8 Å². The number of rotatable bonds is 3. The average Bonchev–Trinajstić information content (AvgIpc) is 2.69. The molecule has 4 nitrogen and oxygen atoms in total. The molecule has 0 saturated carbocycles. The Kier molecular flexibility index (Phi) is 5.14. The highest BCUT2D eigenvalue weighted by atomic mass is 16.2. The lowest BCUT2D eigenvalue weighted by molar-refractivity contribution is -0.130. The Bertz CT molecular complexity index is 537. The second-order valence-electron chi connectivity index (χ2n) is 5.31. The number of benzene rings is 1. The van der Waals surface area contributed by atoms with Crippen LogP contribution in [0.15, 0.2) is 42.0 Å². The van der Waals surface area contributed by atoms with Gasteiger partial charge < -0.3 is 9.80 Å². The van der Waals surface area contributed by atoms with Gasteiger partial charge in [0.25, 0.3) is 0 Å². The quantitative estimate of drug-likeness (QED) is 0.799. The van der Waals surface area contributed by atoms with E-state index in [9.17, 15) is 9.59 Å². The molecule has 1 heterocycles. The Balaban J connectivity index is 2.01. The molecule has 0 spiro atoms. The van der Waals surface area contributed by atoms with Crippen molar-refractivity contribution in [2.24, 2.45) is 0 Å². The molecule has 0 aromatic heterocycles. The van der Waals surface area contributed by atoms with Crippen molar-refractivity contribution in [2.45, 2.75) is 26.8 Å². The molecule has 2 amide bonds. The predicted molar refractivity (Wildman–Crippen MR) is 82.5 cm³/mol. The third kappa shape index (κ3) is 3.94. The van der Waals surface area contributed by atoms with Crippen molar-refractivity contribution in [1.29, 1.82) is 0 Å². The van der Waals surface area contributed by atoms with Gasteiger partial charge in [-0.05, 0) is 19.4 Å². The third-order valence-corrected chi connectivity index (χ3v) is 3.86. The van der Waals surface area contributed by atoms with Crippen molar-refractivity contribution in [3.63, 3.8) is 0 Å². The van der Waals surface area contributed by atoms with Crippen LogP contribution in [-0.4, -0.2) is 41.2 Å². The Labute approximate surface area is 126 Å². The number of allylic oxidation sites excluding steroid dienone is 1. The number of carbonyl (C=O) groups is 2. The van der Waals surface area contributed by atoms with Gasteiger partial charge in [-0.3, -0.25) is 9.59 Å². The van der Waals surface area contributed by atoms with E-state index in [0.717, 1.165) is 11.1 Å². The fourth-order valence-electron chi connectivity index (χ4n) is 2.41. The van der Waals surface area contributed by atoms with Crippen molar-refractivity contribution in [1.82, 2.24) is 9.80 Å². The minimum atomic E-state index is 0.0341. The van der Waals surface area contributed by atoms with Crippen molar-refractivity contribution in [3.8, 4) is 0 Å². The van der Waals surface area contributed by atoms with Gasteiger partial charge in [-0.1, -0.05) is 36.4 Å². The molecule has 0 atom stereocenters. The lowest BCUT2D eigenvalue weighted by atomic mass is 10.2. The molecule has 1 aliphatic heterocycles. The van der Waals surface area contributed by atoms with Crippen LogP contribution >= 0.6 is 0 Å². The van der Waals surface area contributed by atoms with Crippen LogP contribution in [0.25, 0.3) is 0 Å². The van der Waals surface area contributed by atoms with E-state index in [1.165, 1.54) is 0 Å². The minimum absolute atomic E-state index is 0.0341. The molecular formula is C17H22N2O2. The first-order valence-corrected chi connectivity index (χ1v) is 7.35. The lowest BCUT2D eigenvalue weighted by Gasteiger charge is -2.22. The molecular weight excluding hydrogens is 264 g/mol. The van der Waals surface area contributed by atoms with Gasteiger partial charge in [-0.15, -0.1) is 0 Å². The van der Waals surface area contributed by atoms with Crippen LogP contribution in [0.2, 0.25) is 0 Å². The van der Waals surface area contributed by atoms with Gasteiger partial charge in [0.15, 0.2) is 0 Å². The molecule has 0 bridgehead atoms. The first-order valence-electron chi connectivity index (χ1n) is 7.35. The van der Waals surface area contributed by atoms with Crippen molar-refractivity contribution in [3.05, 3.63) is 47.5 Å². The van der Waals surface area contributed by atoms with Crippen LogP contribution in [0, 0.1) is 0 Å². The van der Waals surface area contributed by atoms with Crippen LogP contribution in [0.4, 0.5) is 0 Å². The highest BCUT2D eigenvalue weighted by Gasteiger charge is 2.24. The van der Waals surface area contributed by atoms with E-state index < -0.39 is 0 Å². The van der Waals surface area contributed by atoms with Crippen molar-refractivity contribution < 1.29 is 9.59 Å². The summed E-state index contributed by atoms with van der Waals surface area (Å²) in [6.07, 6.45) is 2.21. The van der Waals surface area contributed by atoms with Gasteiger partial charge in [-0.25, -0.2) is 0 Å². The molecule has 0 unspecified atom stereocenters. The molecule has 0 N–H and O–H groups in total. The number of amides is 2. The zero-order chi connectivity index (χ0) is 15.2. The summed E-state index contributed by atoms with van der Waals surface area (Å²) in [6.45, 7) is 5.99. The molecule has 4 heteroatoms. The first kappa shape index (κ1) is 15.3. The fraction of sp³-hybridized carbons (Fsp3) is 0.412. The highest BCUT2D eigenvalue weighted by Crippen LogP contribution is 2.12. The monoisotopic (exact) mass is 286 g/mol. The number of nitrogens with zero attached hydrogens (tertiary/aromatic N) is 2. The summed E-state index contributed by atoms with van der Waals surface area (Å²) in [4.78, 5) is 28.0. The second-order valence-corrected chi connectivity index (χ2v) is 5.31. The number of carbonyl (C=O) groups excluding carboxylic acids is 2. The summed E-state index contributed by atoms with van der Waals surface area (Å²) < 4.78 is 0.